The lowest BCUT2D eigenvalue weighted by atomic mass is 10.1. The van der Waals surface area contributed by atoms with Crippen LogP contribution in [0.1, 0.15) is 6.92 Å². The summed E-state index contributed by atoms with van der Waals surface area (Å²) in [4.78, 5) is 13.4. The zero-order valence-electron chi connectivity index (χ0n) is 11.4. The van der Waals surface area contributed by atoms with E-state index in [1.165, 1.54) is 4.90 Å². The van der Waals surface area contributed by atoms with Gasteiger partial charge in [-0.3, -0.25) is 5.41 Å². The first-order valence-electron chi connectivity index (χ1n) is 5.94. The molecule has 1 aromatic carbocycles. The number of nitrogens with one attached hydrogen (secondary N) is 2. The Morgan fingerprint density at radius 1 is 1.47 bits per heavy atom. The van der Waals surface area contributed by atoms with Crippen LogP contribution in [0.3, 0.4) is 0 Å². The second-order valence-corrected chi connectivity index (χ2v) is 4.40. The molecule has 1 unspecified atom stereocenters. The fourth-order valence-electron chi connectivity index (χ4n) is 1.49. The zero-order valence-corrected chi connectivity index (χ0v) is 11.4. The lowest BCUT2D eigenvalue weighted by molar-refractivity contribution is 0.220. The van der Waals surface area contributed by atoms with E-state index in [1.54, 1.807) is 45.3 Å². The van der Waals surface area contributed by atoms with E-state index >= 15 is 0 Å². The van der Waals surface area contributed by atoms with Crippen LogP contribution in [-0.2, 0) is 0 Å². The predicted molar refractivity (Wildman–Crippen MR) is 75.7 cm³/mol. The highest BCUT2D eigenvalue weighted by molar-refractivity contribution is 5.89. The quantitative estimate of drug-likeness (QED) is 0.558. The summed E-state index contributed by atoms with van der Waals surface area (Å²) in [5.74, 6) is 0.646. The third-order valence-corrected chi connectivity index (χ3v) is 2.77. The van der Waals surface area contributed by atoms with Crippen molar-refractivity contribution in [3.8, 4) is 5.75 Å². The van der Waals surface area contributed by atoms with E-state index < -0.39 is 0 Å². The van der Waals surface area contributed by atoms with Gasteiger partial charge in [0.2, 0.25) is 0 Å². The molecule has 0 saturated carbocycles. The van der Waals surface area contributed by atoms with Gasteiger partial charge in [-0.25, -0.2) is 4.79 Å². The number of rotatable bonds is 5. The van der Waals surface area contributed by atoms with Gasteiger partial charge in [-0.2, -0.15) is 0 Å². The van der Waals surface area contributed by atoms with E-state index in [1.807, 2.05) is 0 Å². The molecule has 0 aliphatic heterocycles. The smallest absolute Gasteiger partial charge is 0.321 e. The standard InChI is InChI=1S/C13H20N4O2/c1-9(12(14)15)8-17(2)13(18)16-10-4-6-11(19-3)7-5-10/h4-7,9H,8H2,1-3H3,(H3,14,15)(H,16,18). The van der Waals surface area contributed by atoms with Gasteiger partial charge in [-0.15, -0.1) is 0 Å². The Balaban J connectivity index is 2.55. The summed E-state index contributed by atoms with van der Waals surface area (Å²) in [5.41, 5.74) is 6.07. The minimum Gasteiger partial charge on any atom is -0.497 e. The molecule has 1 atom stereocenters. The van der Waals surface area contributed by atoms with Crippen LogP contribution in [0.4, 0.5) is 10.5 Å². The van der Waals surface area contributed by atoms with Gasteiger partial charge < -0.3 is 20.7 Å². The van der Waals surface area contributed by atoms with Crippen molar-refractivity contribution in [2.75, 3.05) is 26.0 Å². The molecule has 0 aromatic heterocycles. The number of nitrogens with zero attached hydrogens (tertiary/aromatic N) is 1. The first-order chi connectivity index (χ1) is 8.93. The maximum atomic E-state index is 11.9. The molecular formula is C13H20N4O2. The average Bonchev–Trinajstić information content (AvgIpc) is 2.39. The number of carbonyl (C=O) groups is 1. The van der Waals surface area contributed by atoms with Crippen LogP contribution in [0.15, 0.2) is 24.3 Å². The molecule has 1 rings (SSSR count). The van der Waals surface area contributed by atoms with Crippen LogP contribution >= 0.6 is 0 Å². The summed E-state index contributed by atoms with van der Waals surface area (Å²) in [5, 5.41) is 10.1. The summed E-state index contributed by atoms with van der Waals surface area (Å²) >= 11 is 0. The number of ether oxygens (including phenoxy) is 1. The molecule has 0 aliphatic rings. The Labute approximate surface area is 113 Å². The van der Waals surface area contributed by atoms with E-state index in [2.05, 4.69) is 5.32 Å². The molecule has 2 amide bonds. The average molecular weight is 264 g/mol. The van der Waals surface area contributed by atoms with Crippen molar-refractivity contribution >= 4 is 17.6 Å². The van der Waals surface area contributed by atoms with Gasteiger partial charge in [0, 0.05) is 25.2 Å². The molecule has 0 heterocycles. The molecule has 6 nitrogen and oxygen atoms in total. The molecule has 0 spiro atoms. The maximum absolute atomic E-state index is 11.9. The highest BCUT2D eigenvalue weighted by Crippen LogP contribution is 2.15. The second kappa shape index (κ2) is 6.63. The minimum atomic E-state index is -0.238. The Morgan fingerprint density at radius 3 is 2.53 bits per heavy atom. The zero-order chi connectivity index (χ0) is 14.4. The molecule has 6 heteroatoms. The Morgan fingerprint density at radius 2 is 2.05 bits per heavy atom. The number of benzene rings is 1. The maximum Gasteiger partial charge on any atom is 0.321 e. The molecule has 0 fully saturated rings. The van der Waals surface area contributed by atoms with E-state index in [0.29, 0.717) is 12.2 Å². The third kappa shape index (κ3) is 4.50. The number of hydrogen-bond acceptors (Lipinski definition) is 3. The molecule has 0 radical (unpaired) electrons. The number of methoxy groups -OCH3 is 1. The highest BCUT2D eigenvalue weighted by Gasteiger charge is 2.14. The second-order valence-electron chi connectivity index (χ2n) is 4.40. The fourth-order valence-corrected chi connectivity index (χ4v) is 1.49. The number of anilines is 1. The summed E-state index contributed by atoms with van der Waals surface area (Å²) in [7, 11) is 3.25. The first-order valence-corrected chi connectivity index (χ1v) is 5.94. The SMILES string of the molecule is COc1ccc(NC(=O)N(C)CC(C)C(=N)N)cc1. The minimum absolute atomic E-state index is 0.0732. The number of urea groups is 1. The number of amidine groups is 1. The predicted octanol–water partition coefficient (Wildman–Crippen LogP) is 1.73. The van der Waals surface area contributed by atoms with E-state index in [0.717, 1.165) is 5.75 Å². The lowest BCUT2D eigenvalue weighted by Crippen LogP contribution is -2.38. The topological polar surface area (TPSA) is 91.4 Å². The van der Waals surface area contributed by atoms with Gasteiger partial charge in [0.1, 0.15) is 5.75 Å². The van der Waals surface area contributed by atoms with Crippen LogP contribution in [0, 0.1) is 11.3 Å². The van der Waals surface area contributed by atoms with Gasteiger partial charge >= 0.3 is 6.03 Å². The van der Waals surface area contributed by atoms with Gasteiger partial charge in [-0.05, 0) is 24.3 Å². The summed E-state index contributed by atoms with van der Waals surface area (Å²) in [6.45, 7) is 2.21. The number of carbonyl (C=O) groups excluding carboxylic acids is 1. The van der Waals surface area contributed by atoms with E-state index in [9.17, 15) is 4.79 Å². The monoisotopic (exact) mass is 264 g/mol. The van der Waals surface area contributed by atoms with Gasteiger partial charge in [0.05, 0.1) is 12.9 Å². The normalized spacial score (nSPS) is 11.5. The molecule has 0 saturated heterocycles. The van der Waals surface area contributed by atoms with Crippen molar-refractivity contribution in [2.24, 2.45) is 11.7 Å². The van der Waals surface area contributed by atoms with Gasteiger partial charge in [-0.1, -0.05) is 6.92 Å². The molecular weight excluding hydrogens is 244 g/mol. The Hall–Kier alpha value is -2.24. The van der Waals surface area contributed by atoms with Crippen LogP contribution in [0.25, 0.3) is 0 Å². The molecule has 0 bridgehead atoms. The molecule has 0 aliphatic carbocycles. The summed E-state index contributed by atoms with van der Waals surface area (Å²) in [6.07, 6.45) is 0. The van der Waals surface area contributed by atoms with Crippen molar-refractivity contribution in [2.45, 2.75) is 6.92 Å². The van der Waals surface area contributed by atoms with Crippen LogP contribution in [0.5, 0.6) is 5.75 Å². The van der Waals surface area contributed by atoms with Crippen molar-refractivity contribution in [3.05, 3.63) is 24.3 Å². The molecule has 19 heavy (non-hydrogen) atoms. The fraction of sp³-hybridized carbons (Fsp3) is 0.385. The van der Waals surface area contributed by atoms with Gasteiger partial charge in [0.15, 0.2) is 0 Å². The third-order valence-electron chi connectivity index (χ3n) is 2.77. The number of amides is 2. The Kier molecular flexibility index (Phi) is 5.17. The Bertz CT molecular complexity index is 444. The first kappa shape index (κ1) is 14.8. The molecule has 4 N–H and O–H groups in total. The van der Waals surface area contributed by atoms with E-state index in [4.69, 9.17) is 15.9 Å². The van der Waals surface area contributed by atoms with E-state index in [-0.39, 0.29) is 17.8 Å². The van der Waals surface area contributed by atoms with Crippen molar-refractivity contribution in [1.82, 2.24) is 4.90 Å². The highest BCUT2D eigenvalue weighted by atomic mass is 16.5. The van der Waals surface area contributed by atoms with Gasteiger partial charge in [0.25, 0.3) is 0 Å². The number of nitrogens with two attached hydrogens (primary N) is 1. The van der Waals surface area contributed by atoms with Crippen LogP contribution in [-0.4, -0.2) is 37.5 Å². The van der Waals surface area contributed by atoms with Crippen molar-refractivity contribution in [3.63, 3.8) is 0 Å². The largest absolute Gasteiger partial charge is 0.497 e. The summed E-state index contributed by atoms with van der Waals surface area (Å²) in [6, 6.07) is 6.83. The molecule has 1 aromatic rings. The summed E-state index contributed by atoms with van der Waals surface area (Å²) < 4.78 is 5.04. The van der Waals surface area contributed by atoms with Crippen LogP contribution < -0.4 is 15.8 Å². The van der Waals surface area contributed by atoms with Crippen molar-refractivity contribution < 1.29 is 9.53 Å². The van der Waals surface area contributed by atoms with Crippen molar-refractivity contribution in [1.29, 1.82) is 5.41 Å². The number of hydrogen-bond donors (Lipinski definition) is 3. The molecule has 104 valence electrons. The lowest BCUT2D eigenvalue weighted by Gasteiger charge is -2.21. The van der Waals surface area contributed by atoms with Crippen LogP contribution in [0.2, 0.25) is 0 Å².